The lowest BCUT2D eigenvalue weighted by Gasteiger charge is -2.06. The first-order valence-electron chi connectivity index (χ1n) is 5.25. The van der Waals surface area contributed by atoms with E-state index in [2.05, 4.69) is 0 Å². The number of halogens is 3. The van der Waals surface area contributed by atoms with Crippen molar-refractivity contribution in [2.75, 3.05) is 0 Å². The van der Waals surface area contributed by atoms with Crippen molar-refractivity contribution >= 4 is 17.4 Å². The zero-order valence-corrected chi connectivity index (χ0v) is 10.3. The van der Waals surface area contributed by atoms with Crippen molar-refractivity contribution in [1.82, 2.24) is 0 Å². The molecule has 0 aliphatic heterocycles. The van der Waals surface area contributed by atoms with Crippen molar-refractivity contribution in [3.63, 3.8) is 0 Å². The number of hydrogen-bond acceptors (Lipinski definition) is 1. The predicted octanol–water partition coefficient (Wildman–Crippen LogP) is 4.16. The third-order valence-corrected chi connectivity index (χ3v) is 2.86. The van der Waals surface area contributed by atoms with Gasteiger partial charge in [0.05, 0.1) is 0 Å². The van der Waals surface area contributed by atoms with Crippen LogP contribution in [0.5, 0.6) is 0 Å². The Morgan fingerprint density at radius 2 is 1.78 bits per heavy atom. The van der Waals surface area contributed by atoms with E-state index in [-0.39, 0.29) is 11.3 Å². The number of carbonyl (C=O) groups excluding carboxylic acids is 1. The highest BCUT2D eigenvalue weighted by molar-refractivity contribution is 6.31. The van der Waals surface area contributed by atoms with Crippen LogP contribution < -0.4 is 0 Å². The summed E-state index contributed by atoms with van der Waals surface area (Å²) in [7, 11) is 0. The molecule has 0 bridgehead atoms. The summed E-state index contributed by atoms with van der Waals surface area (Å²) in [6, 6.07) is 7.95. The van der Waals surface area contributed by atoms with Gasteiger partial charge in [0.1, 0.15) is 0 Å². The van der Waals surface area contributed by atoms with Crippen LogP contribution in [0.4, 0.5) is 8.78 Å². The van der Waals surface area contributed by atoms with Gasteiger partial charge in [0.2, 0.25) is 0 Å². The van der Waals surface area contributed by atoms with Crippen LogP contribution in [-0.4, -0.2) is 5.78 Å². The van der Waals surface area contributed by atoms with Crippen molar-refractivity contribution in [3.05, 3.63) is 69.7 Å². The molecule has 0 aliphatic carbocycles. The molecule has 2 aromatic carbocycles. The standard InChI is InChI=1S/C14H9ClF2O/c1-8-2-4-10(15)7-11(8)14(18)9-3-5-12(16)13(17)6-9/h2-7H,1H3. The van der Waals surface area contributed by atoms with Crippen molar-refractivity contribution in [2.24, 2.45) is 0 Å². The number of rotatable bonds is 2. The molecule has 0 N–H and O–H groups in total. The first kappa shape index (κ1) is 12.7. The molecule has 0 fully saturated rings. The average Bonchev–Trinajstić information content (AvgIpc) is 2.35. The maximum Gasteiger partial charge on any atom is 0.193 e. The van der Waals surface area contributed by atoms with E-state index in [0.717, 1.165) is 17.7 Å². The highest BCUT2D eigenvalue weighted by Crippen LogP contribution is 2.20. The molecule has 0 heterocycles. The van der Waals surface area contributed by atoms with E-state index in [4.69, 9.17) is 11.6 Å². The van der Waals surface area contributed by atoms with E-state index in [9.17, 15) is 13.6 Å². The van der Waals surface area contributed by atoms with Gasteiger partial charge in [0.25, 0.3) is 0 Å². The van der Waals surface area contributed by atoms with Gasteiger partial charge in [-0.05, 0) is 42.8 Å². The second-order valence-corrected chi connectivity index (χ2v) is 4.35. The molecular weight excluding hydrogens is 258 g/mol. The molecule has 18 heavy (non-hydrogen) atoms. The van der Waals surface area contributed by atoms with Crippen LogP contribution in [0.15, 0.2) is 36.4 Å². The van der Waals surface area contributed by atoms with E-state index in [1.165, 1.54) is 12.1 Å². The number of carbonyl (C=O) groups is 1. The van der Waals surface area contributed by atoms with Crippen molar-refractivity contribution < 1.29 is 13.6 Å². The Morgan fingerprint density at radius 3 is 2.44 bits per heavy atom. The van der Waals surface area contributed by atoms with E-state index in [1.807, 2.05) is 0 Å². The van der Waals surface area contributed by atoms with E-state index < -0.39 is 11.6 Å². The lowest BCUT2D eigenvalue weighted by atomic mass is 9.99. The molecule has 0 amide bonds. The van der Waals surface area contributed by atoms with Gasteiger partial charge in [-0.1, -0.05) is 17.7 Å². The van der Waals surface area contributed by atoms with Crippen molar-refractivity contribution in [3.8, 4) is 0 Å². The van der Waals surface area contributed by atoms with E-state index in [1.54, 1.807) is 19.1 Å². The lowest BCUT2D eigenvalue weighted by Crippen LogP contribution is -2.04. The Labute approximate surface area is 108 Å². The number of hydrogen-bond donors (Lipinski definition) is 0. The molecule has 2 aromatic rings. The summed E-state index contributed by atoms with van der Waals surface area (Å²) in [5.41, 5.74) is 1.21. The Kier molecular flexibility index (Phi) is 3.43. The molecule has 2 rings (SSSR count). The van der Waals surface area contributed by atoms with E-state index >= 15 is 0 Å². The largest absolute Gasteiger partial charge is 0.289 e. The van der Waals surface area contributed by atoms with Crippen molar-refractivity contribution in [1.29, 1.82) is 0 Å². The molecule has 92 valence electrons. The topological polar surface area (TPSA) is 17.1 Å². The number of ketones is 1. The Morgan fingerprint density at radius 1 is 1.06 bits per heavy atom. The van der Waals surface area contributed by atoms with Crippen molar-refractivity contribution in [2.45, 2.75) is 6.92 Å². The van der Waals surface area contributed by atoms with Gasteiger partial charge in [0.15, 0.2) is 17.4 Å². The maximum absolute atomic E-state index is 13.1. The minimum Gasteiger partial charge on any atom is -0.289 e. The predicted molar refractivity (Wildman–Crippen MR) is 66.0 cm³/mol. The fourth-order valence-corrected chi connectivity index (χ4v) is 1.80. The molecule has 0 unspecified atom stereocenters. The third kappa shape index (κ3) is 2.41. The van der Waals surface area contributed by atoms with Crippen LogP contribution in [0.3, 0.4) is 0 Å². The Balaban J connectivity index is 2.47. The fraction of sp³-hybridized carbons (Fsp3) is 0.0714. The van der Waals surface area contributed by atoms with Crippen LogP contribution in [0, 0.1) is 18.6 Å². The number of aryl methyl sites for hydroxylation is 1. The van der Waals surface area contributed by atoms with Gasteiger partial charge < -0.3 is 0 Å². The van der Waals surface area contributed by atoms with Gasteiger partial charge in [-0.25, -0.2) is 8.78 Å². The molecule has 4 heteroatoms. The van der Waals surface area contributed by atoms with Gasteiger partial charge in [-0.15, -0.1) is 0 Å². The SMILES string of the molecule is Cc1ccc(Cl)cc1C(=O)c1ccc(F)c(F)c1. The molecule has 0 radical (unpaired) electrons. The maximum atomic E-state index is 13.1. The lowest BCUT2D eigenvalue weighted by molar-refractivity contribution is 0.103. The third-order valence-electron chi connectivity index (χ3n) is 2.63. The van der Waals surface area contributed by atoms with Gasteiger partial charge in [-0.2, -0.15) is 0 Å². The highest BCUT2D eigenvalue weighted by Gasteiger charge is 2.14. The minimum atomic E-state index is -1.04. The van der Waals surface area contributed by atoms with Crippen LogP contribution in [-0.2, 0) is 0 Å². The first-order chi connectivity index (χ1) is 8.49. The molecule has 0 atom stereocenters. The summed E-state index contributed by atoms with van der Waals surface area (Å²) in [5, 5.41) is 0.423. The second-order valence-electron chi connectivity index (χ2n) is 3.92. The van der Waals surface area contributed by atoms with Gasteiger partial charge in [-0.3, -0.25) is 4.79 Å². The zero-order valence-electron chi connectivity index (χ0n) is 9.51. The summed E-state index contributed by atoms with van der Waals surface area (Å²) >= 11 is 5.82. The smallest absolute Gasteiger partial charge is 0.193 e. The molecule has 0 aromatic heterocycles. The zero-order chi connectivity index (χ0) is 13.3. The minimum absolute atomic E-state index is 0.0965. The van der Waals surface area contributed by atoms with Crippen LogP contribution in [0.1, 0.15) is 21.5 Å². The van der Waals surface area contributed by atoms with Crippen LogP contribution in [0.2, 0.25) is 5.02 Å². The quantitative estimate of drug-likeness (QED) is 0.746. The molecule has 0 spiro atoms. The van der Waals surface area contributed by atoms with E-state index in [0.29, 0.717) is 10.6 Å². The summed E-state index contributed by atoms with van der Waals surface area (Å²) in [4.78, 5) is 12.1. The average molecular weight is 267 g/mol. The summed E-state index contributed by atoms with van der Waals surface area (Å²) in [5.74, 6) is -2.40. The molecule has 0 saturated carbocycles. The Bertz CT molecular complexity index is 623. The molecule has 1 nitrogen and oxygen atoms in total. The molecular formula is C14H9ClF2O. The monoisotopic (exact) mass is 266 g/mol. The molecule has 0 saturated heterocycles. The normalized spacial score (nSPS) is 10.4. The first-order valence-corrected chi connectivity index (χ1v) is 5.63. The van der Waals surface area contributed by atoms with Gasteiger partial charge in [0, 0.05) is 16.1 Å². The Hall–Kier alpha value is -1.74. The summed E-state index contributed by atoms with van der Waals surface area (Å²) < 4.78 is 25.9. The van der Waals surface area contributed by atoms with Gasteiger partial charge >= 0.3 is 0 Å². The molecule has 0 aliphatic rings. The second kappa shape index (κ2) is 4.86. The number of benzene rings is 2. The van der Waals surface area contributed by atoms with Crippen LogP contribution >= 0.6 is 11.6 Å². The summed E-state index contributed by atoms with van der Waals surface area (Å²) in [6.45, 7) is 1.75. The van der Waals surface area contributed by atoms with Crippen LogP contribution in [0.25, 0.3) is 0 Å². The fourth-order valence-electron chi connectivity index (χ4n) is 1.63. The highest BCUT2D eigenvalue weighted by atomic mass is 35.5. The summed E-state index contributed by atoms with van der Waals surface area (Å²) in [6.07, 6.45) is 0.